The number of hydrogen-bond donors (Lipinski definition) is 1. The smallest absolute Gasteiger partial charge is 0.358 e. The van der Waals surface area contributed by atoms with Crippen LogP contribution in [-0.2, 0) is 17.9 Å². The summed E-state index contributed by atoms with van der Waals surface area (Å²) < 4.78 is 16.0. The number of carbonyl (C=O) groups is 1. The number of halogens is 1. The van der Waals surface area contributed by atoms with E-state index < -0.39 is 4.92 Å². The summed E-state index contributed by atoms with van der Waals surface area (Å²) in [6.45, 7) is 2.36. The number of anilines is 1. The van der Waals surface area contributed by atoms with Crippen molar-refractivity contribution in [3.63, 3.8) is 0 Å². The fourth-order valence-electron chi connectivity index (χ4n) is 2.51. The number of amides is 1. The summed E-state index contributed by atoms with van der Waals surface area (Å²) in [5.74, 6) is -0.428. The molecule has 0 saturated heterocycles. The summed E-state index contributed by atoms with van der Waals surface area (Å²) in [6.07, 6.45) is 1.81. The molecule has 140 valence electrons. The van der Waals surface area contributed by atoms with Crippen LogP contribution in [-0.4, -0.2) is 30.4 Å². The van der Waals surface area contributed by atoms with Crippen LogP contribution in [0.1, 0.15) is 17.7 Å². The number of aromatic nitrogens is 4. The number of nitro groups is 1. The molecule has 9 nitrogen and oxygen atoms in total. The topological polar surface area (TPSA) is 108 Å². The molecule has 0 fully saturated rings. The Labute approximate surface area is 153 Å². The first kappa shape index (κ1) is 18.2. The molecule has 0 aliphatic heterocycles. The fourth-order valence-corrected chi connectivity index (χ4v) is 2.51. The van der Waals surface area contributed by atoms with Crippen LogP contribution in [0.15, 0.2) is 42.6 Å². The molecule has 3 rings (SSSR count). The first-order valence-corrected chi connectivity index (χ1v) is 8.17. The van der Waals surface area contributed by atoms with E-state index in [4.69, 9.17) is 0 Å². The molecule has 0 aliphatic rings. The van der Waals surface area contributed by atoms with Crippen molar-refractivity contribution in [3.8, 4) is 0 Å². The zero-order valence-electron chi connectivity index (χ0n) is 14.5. The maximum absolute atomic E-state index is 12.9. The highest BCUT2D eigenvalue weighted by atomic mass is 19.1. The Balaban J connectivity index is 1.53. The molecule has 2 heterocycles. The Morgan fingerprint density at radius 1 is 1.26 bits per heavy atom. The van der Waals surface area contributed by atoms with Crippen molar-refractivity contribution in [1.29, 1.82) is 0 Å². The van der Waals surface area contributed by atoms with Gasteiger partial charge in [0.25, 0.3) is 0 Å². The summed E-state index contributed by atoms with van der Waals surface area (Å²) in [4.78, 5) is 22.2. The van der Waals surface area contributed by atoms with Gasteiger partial charge >= 0.3 is 5.82 Å². The number of nitrogens with zero attached hydrogens (tertiary/aromatic N) is 5. The van der Waals surface area contributed by atoms with Gasteiger partial charge in [0.2, 0.25) is 5.91 Å². The van der Waals surface area contributed by atoms with Gasteiger partial charge in [-0.1, -0.05) is 12.1 Å². The van der Waals surface area contributed by atoms with Crippen LogP contribution in [0.3, 0.4) is 0 Å². The molecule has 27 heavy (non-hydrogen) atoms. The monoisotopic (exact) mass is 372 g/mol. The van der Waals surface area contributed by atoms with E-state index in [-0.39, 0.29) is 30.5 Å². The summed E-state index contributed by atoms with van der Waals surface area (Å²) in [5.41, 5.74) is 1.49. The molecule has 2 aromatic heterocycles. The second kappa shape index (κ2) is 7.77. The molecule has 1 N–H and O–H groups in total. The van der Waals surface area contributed by atoms with Gasteiger partial charge in [-0.3, -0.25) is 9.48 Å². The predicted octanol–water partition coefficient (Wildman–Crippen LogP) is 2.51. The van der Waals surface area contributed by atoms with Crippen molar-refractivity contribution >= 4 is 17.5 Å². The summed E-state index contributed by atoms with van der Waals surface area (Å²) in [6, 6.07) is 9.11. The number of carbonyl (C=O) groups excluding carboxylic acids is 1. The molecule has 0 aliphatic carbocycles. The Hall–Kier alpha value is -3.56. The number of benzene rings is 1. The number of aryl methyl sites for hydroxylation is 2. The van der Waals surface area contributed by atoms with E-state index in [1.54, 1.807) is 36.0 Å². The van der Waals surface area contributed by atoms with E-state index in [1.807, 2.05) is 0 Å². The molecule has 0 unspecified atom stereocenters. The van der Waals surface area contributed by atoms with Crippen molar-refractivity contribution in [2.24, 2.45) is 0 Å². The van der Waals surface area contributed by atoms with Gasteiger partial charge in [-0.2, -0.15) is 9.78 Å². The van der Waals surface area contributed by atoms with Gasteiger partial charge in [-0.25, -0.2) is 4.39 Å². The number of rotatable bonds is 7. The lowest BCUT2D eigenvalue weighted by Crippen LogP contribution is -2.16. The van der Waals surface area contributed by atoms with Gasteiger partial charge in [0.05, 0.1) is 29.9 Å². The SMILES string of the molecule is Cc1cc([N+](=O)[O-])nn1CCC(=O)Nc1ccn(Cc2ccc(F)cc2)n1. The molecular weight excluding hydrogens is 355 g/mol. The first-order chi connectivity index (χ1) is 12.9. The number of hydrogen-bond acceptors (Lipinski definition) is 5. The van der Waals surface area contributed by atoms with E-state index in [2.05, 4.69) is 15.5 Å². The number of nitrogens with one attached hydrogen (secondary N) is 1. The van der Waals surface area contributed by atoms with Crippen molar-refractivity contribution in [2.75, 3.05) is 5.32 Å². The summed E-state index contributed by atoms with van der Waals surface area (Å²) >= 11 is 0. The Kier molecular flexibility index (Phi) is 5.25. The molecule has 0 spiro atoms. The highest BCUT2D eigenvalue weighted by molar-refractivity contribution is 5.89. The predicted molar refractivity (Wildman–Crippen MR) is 94.6 cm³/mol. The molecule has 0 saturated carbocycles. The Morgan fingerprint density at radius 3 is 2.67 bits per heavy atom. The average Bonchev–Trinajstić information content (AvgIpc) is 3.21. The standard InChI is InChI=1S/C17H17FN6O3/c1-12-10-16(24(26)27)21-23(12)9-7-17(25)19-15-6-8-22(20-15)11-13-2-4-14(18)5-3-13/h2-6,8,10H,7,9,11H2,1H3,(H,19,20,25). The Bertz CT molecular complexity index is 963. The van der Waals surface area contributed by atoms with Crippen LogP contribution >= 0.6 is 0 Å². The lowest BCUT2D eigenvalue weighted by Gasteiger charge is -2.03. The second-order valence-corrected chi connectivity index (χ2v) is 5.95. The van der Waals surface area contributed by atoms with Gasteiger partial charge in [0.15, 0.2) is 5.82 Å². The molecule has 1 aromatic carbocycles. The van der Waals surface area contributed by atoms with Gasteiger partial charge in [0.1, 0.15) is 5.82 Å². The lowest BCUT2D eigenvalue weighted by molar-refractivity contribution is -0.389. The van der Waals surface area contributed by atoms with Crippen LogP contribution in [0.5, 0.6) is 0 Å². The average molecular weight is 372 g/mol. The van der Waals surface area contributed by atoms with Crippen LogP contribution < -0.4 is 5.32 Å². The van der Waals surface area contributed by atoms with Crippen molar-refractivity contribution in [3.05, 3.63) is 69.8 Å². The first-order valence-electron chi connectivity index (χ1n) is 8.17. The highest BCUT2D eigenvalue weighted by Gasteiger charge is 2.16. The van der Waals surface area contributed by atoms with Crippen LogP contribution in [0.4, 0.5) is 16.0 Å². The molecule has 0 radical (unpaired) electrons. The molecular formula is C17H17FN6O3. The zero-order chi connectivity index (χ0) is 19.4. The lowest BCUT2D eigenvalue weighted by atomic mass is 10.2. The third-order valence-corrected chi connectivity index (χ3v) is 3.87. The molecule has 10 heteroatoms. The van der Waals surface area contributed by atoms with Gasteiger partial charge in [-0.15, -0.1) is 0 Å². The van der Waals surface area contributed by atoms with Crippen molar-refractivity contribution in [2.45, 2.75) is 26.4 Å². The quantitative estimate of drug-likeness (QED) is 0.506. The van der Waals surface area contributed by atoms with E-state index in [1.165, 1.54) is 22.9 Å². The van der Waals surface area contributed by atoms with E-state index in [0.29, 0.717) is 18.1 Å². The van der Waals surface area contributed by atoms with Gasteiger partial charge in [0, 0.05) is 18.7 Å². The fraction of sp³-hybridized carbons (Fsp3) is 0.235. The highest BCUT2D eigenvalue weighted by Crippen LogP contribution is 2.12. The zero-order valence-corrected chi connectivity index (χ0v) is 14.5. The third-order valence-electron chi connectivity index (χ3n) is 3.87. The second-order valence-electron chi connectivity index (χ2n) is 5.95. The van der Waals surface area contributed by atoms with Gasteiger partial charge < -0.3 is 15.4 Å². The van der Waals surface area contributed by atoms with Crippen molar-refractivity contribution < 1.29 is 14.1 Å². The van der Waals surface area contributed by atoms with E-state index in [9.17, 15) is 19.3 Å². The molecule has 3 aromatic rings. The normalized spacial score (nSPS) is 10.7. The minimum absolute atomic E-state index is 0.102. The largest absolute Gasteiger partial charge is 0.390 e. The summed E-state index contributed by atoms with van der Waals surface area (Å²) in [5, 5.41) is 21.5. The van der Waals surface area contributed by atoms with E-state index >= 15 is 0 Å². The van der Waals surface area contributed by atoms with E-state index in [0.717, 1.165) is 5.56 Å². The summed E-state index contributed by atoms with van der Waals surface area (Å²) in [7, 11) is 0. The van der Waals surface area contributed by atoms with Gasteiger partial charge in [-0.05, 0) is 29.5 Å². The van der Waals surface area contributed by atoms with Crippen LogP contribution in [0.25, 0.3) is 0 Å². The molecule has 0 bridgehead atoms. The van der Waals surface area contributed by atoms with Crippen LogP contribution in [0, 0.1) is 22.9 Å². The molecule has 1 amide bonds. The molecule has 0 atom stereocenters. The minimum atomic E-state index is -0.572. The minimum Gasteiger partial charge on any atom is -0.358 e. The van der Waals surface area contributed by atoms with Crippen LogP contribution in [0.2, 0.25) is 0 Å². The third kappa shape index (κ3) is 4.75. The maximum Gasteiger partial charge on any atom is 0.390 e. The maximum atomic E-state index is 12.9. The Morgan fingerprint density at radius 2 is 2.00 bits per heavy atom. The van der Waals surface area contributed by atoms with Crippen molar-refractivity contribution in [1.82, 2.24) is 19.6 Å².